The van der Waals surface area contributed by atoms with Crippen LogP contribution < -0.4 is 0 Å². The average Bonchev–Trinajstić information content (AvgIpc) is 3.61. The molecule has 1 aromatic heterocycles. The third-order valence-electron chi connectivity index (χ3n) is 11.7. The van der Waals surface area contributed by atoms with E-state index in [9.17, 15) is 0 Å². The zero-order valence-corrected chi connectivity index (χ0v) is 32.4. The molecule has 0 radical (unpaired) electrons. The first-order chi connectivity index (χ1) is 27.2. The molecule has 0 atom stereocenters. The zero-order chi connectivity index (χ0) is 36.6. The monoisotopic (exact) mass is 764 g/mol. The van der Waals surface area contributed by atoms with Crippen LogP contribution in [-0.2, 0) is 0 Å². The molecule has 0 aliphatic heterocycles. The van der Waals surface area contributed by atoms with E-state index in [1.807, 2.05) is 0 Å². The van der Waals surface area contributed by atoms with Crippen molar-refractivity contribution in [3.8, 4) is 44.5 Å². The number of hydrogen-bond donors (Lipinski definition) is 0. The summed E-state index contributed by atoms with van der Waals surface area (Å²) in [5, 5.41) is 13.2. The minimum atomic E-state index is 0.126. The second-order valence-corrected chi connectivity index (χ2v) is 17.0. The molecular formula is C54H36Se. The van der Waals surface area contributed by atoms with Gasteiger partial charge in [0.1, 0.15) is 0 Å². The number of rotatable bonds is 4. The summed E-state index contributed by atoms with van der Waals surface area (Å²) in [5.74, 6) is 0. The molecular weight excluding hydrogens is 728 g/mol. The van der Waals surface area contributed by atoms with Crippen molar-refractivity contribution >= 4 is 76.9 Å². The fraction of sp³-hybridized carbons (Fsp3) is 0.0370. The number of fused-ring (bicyclic) bond motifs is 7. The Kier molecular flexibility index (Phi) is 7.42. The van der Waals surface area contributed by atoms with Gasteiger partial charge in [-0.25, -0.2) is 0 Å². The summed E-state index contributed by atoms with van der Waals surface area (Å²) in [5.41, 5.74) is 13.2. The summed E-state index contributed by atoms with van der Waals surface area (Å²) in [6.07, 6.45) is 0. The van der Waals surface area contributed by atoms with Crippen LogP contribution in [0.5, 0.6) is 0 Å². The van der Waals surface area contributed by atoms with Crippen LogP contribution in [0.3, 0.4) is 0 Å². The predicted octanol–water partition coefficient (Wildman–Crippen LogP) is 14.9. The maximum atomic E-state index is 2.51. The van der Waals surface area contributed by atoms with E-state index in [-0.39, 0.29) is 14.5 Å². The molecule has 0 saturated carbocycles. The zero-order valence-electron chi connectivity index (χ0n) is 30.7. The van der Waals surface area contributed by atoms with Gasteiger partial charge in [-0.2, -0.15) is 0 Å². The van der Waals surface area contributed by atoms with Gasteiger partial charge < -0.3 is 0 Å². The van der Waals surface area contributed by atoms with E-state index in [0.29, 0.717) is 0 Å². The Bertz CT molecular complexity index is 3190. The van der Waals surface area contributed by atoms with Crippen molar-refractivity contribution in [3.63, 3.8) is 0 Å². The summed E-state index contributed by atoms with van der Waals surface area (Å²) in [6, 6.07) is 68.0. The van der Waals surface area contributed by atoms with Gasteiger partial charge in [0.2, 0.25) is 0 Å². The molecule has 0 nitrogen and oxygen atoms in total. The quantitative estimate of drug-likeness (QED) is 0.124. The summed E-state index contributed by atoms with van der Waals surface area (Å²) < 4.78 is 2.93. The molecule has 0 saturated heterocycles. The molecule has 1 heterocycles. The Morgan fingerprint density at radius 2 is 0.727 bits per heavy atom. The molecule has 0 bridgehead atoms. The standard InChI is InChI=1S/C54H36Se/c1-33-16-14-17-34(2)49(33)53-44-26-12-8-22-40(44)51(41-23-9-13-27-45(41)53)36-30-31-37-46-28-15-29-47(54(46)55-48(37)32-36)52-42-24-10-6-20-38(42)50(35-18-4-3-5-19-35)39-21-7-11-25-43(39)52/h3-32H,1-2H3. The van der Waals surface area contributed by atoms with Gasteiger partial charge in [-0.1, -0.05) is 0 Å². The Labute approximate surface area is 326 Å². The van der Waals surface area contributed by atoms with Crippen molar-refractivity contribution in [1.29, 1.82) is 0 Å². The first-order valence-corrected chi connectivity index (χ1v) is 20.8. The fourth-order valence-electron chi connectivity index (χ4n) is 9.40. The van der Waals surface area contributed by atoms with Crippen molar-refractivity contribution in [1.82, 2.24) is 0 Å². The molecule has 11 aromatic rings. The van der Waals surface area contributed by atoms with E-state index in [0.717, 1.165) is 0 Å². The molecule has 1 heteroatoms. The maximum absolute atomic E-state index is 2.51. The van der Waals surface area contributed by atoms with E-state index in [2.05, 4.69) is 196 Å². The van der Waals surface area contributed by atoms with E-state index < -0.39 is 0 Å². The minimum absolute atomic E-state index is 0.126. The molecule has 0 spiro atoms. The van der Waals surface area contributed by atoms with E-state index >= 15 is 0 Å². The van der Waals surface area contributed by atoms with Crippen LogP contribution in [0.1, 0.15) is 11.1 Å². The normalized spacial score (nSPS) is 11.8. The molecule has 11 rings (SSSR count). The van der Waals surface area contributed by atoms with Gasteiger partial charge in [0.25, 0.3) is 0 Å². The number of hydrogen-bond acceptors (Lipinski definition) is 0. The van der Waals surface area contributed by atoms with Crippen molar-refractivity contribution in [2.75, 3.05) is 0 Å². The summed E-state index contributed by atoms with van der Waals surface area (Å²) in [6.45, 7) is 4.50. The third-order valence-corrected chi connectivity index (χ3v) is 14.2. The molecule has 0 N–H and O–H groups in total. The second kappa shape index (κ2) is 12.7. The summed E-state index contributed by atoms with van der Waals surface area (Å²) >= 11 is 0.126. The van der Waals surface area contributed by atoms with Crippen LogP contribution in [0, 0.1) is 13.8 Å². The molecule has 10 aromatic carbocycles. The molecule has 0 aliphatic carbocycles. The van der Waals surface area contributed by atoms with Crippen molar-refractivity contribution in [2.24, 2.45) is 0 Å². The van der Waals surface area contributed by atoms with Gasteiger partial charge in [0.15, 0.2) is 0 Å². The van der Waals surface area contributed by atoms with Gasteiger partial charge in [0, 0.05) is 0 Å². The summed E-state index contributed by atoms with van der Waals surface area (Å²) in [7, 11) is 0. The van der Waals surface area contributed by atoms with Gasteiger partial charge >= 0.3 is 328 Å². The first kappa shape index (κ1) is 32.2. The Morgan fingerprint density at radius 3 is 1.27 bits per heavy atom. The van der Waals surface area contributed by atoms with Crippen LogP contribution in [0.15, 0.2) is 182 Å². The van der Waals surface area contributed by atoms with Crippen LogP contribution in [0.4, 0.5) is 0 Å². The Balaban J connectivity index is 1.18. The van der Waals surface area contributed by atoms with Gasteiger partial charge in [0.05, 0.1) is 0 Å². The molecule has 0 amide bonds. The molecule has 0 fully saturated rings. The van der Waals surface area contributed by atoms with Crippen molar-refractivity contribution in [3.05, 3.63) is 193 Å². The molecule has 55 heavy (non-hydrogen) atoms. The average molecular weight is 764 g/mol. The summed E-state index contributed by atoms with van der Waals surface area (Å²) in [4.78, 5) is 0. The Morgan fingerprint density at radius 1 is 0.291 bits per heavy atom. The topological polar surface area (TPSA) is 0 Å². The van der Waals surface area contributed by atoms with Gasteiger partial charge in [-0.3, -0.25) is 0 Å². The van der Waals surface area contributed by atoms with Crippen LogP contribution in [0.25, 0.3) is 107 Å². The third kappa shape index (κ3) is 4.91. The first-order valence-electron chi connectivity index (χ1n) is 19.1. The number of benzene rings is 10. The predicted molar refractivity (Wildman–Crippen MR) is 240 cm³/mol. The Hall–Kier alpha value is -6.24. The fourth-order valence-corrected chi connectivity index (χ4v) is 12.0. The molecule has 258 valence electrons. The van der Waals surface area contributed by atoms with E-state index in [1.165, 1.54) is 118 Å². The number of aryl methyl sites for hydroxylation is 2. The van der Waals surface area contributed by atoms with Gasteiger partial charge in [-0.15, -0.1) is 0 Å². The van der Waals surface area contributed by atoms with Crippen LogP contribution in [-0.4, -0.2) is 14.5 Å². The van der Waals surface area contributed by atoms with Crippen LogP contribution in [0.2, 0.25) is 0 Å². The van der Waals surface area contributed by atoms with Crippen molar-refractivity contribution < 1.29 is 0 Å². The van der Waals surface area contributed by atoms with Crippen LogP contribution >= 0.6 is 0 Å². The van der Waals surface area contributed by atoms with E-state index in [1.54, 1.807) is 0 Å². The second-order valence-electron chi connectivity index (χ2n) is 14.8. The molecule has 0 unspecified atom stereocenters. The SMILES string of the molecule is Cc1cccc(C)c1-c1c2ccccc2c(-c2ccc3c(c2)[se]c2c(-c4c5ccccc5c(-c5ccccc5)c5ccccc45)cccc23)c2ccccc12. The van der Waals surface area contributed by atoms with Gasteiger partial charge in [-0.05, 0) is 0 Å². The molecule has 0 aliphatic rings. The van der Waals surface area contributed by atoms with Crippen molar-refractivity contribution in [2.45, 2.75) is 13.8 Å². The van der Waals surface area contributed by atoms with E-state index in [4.69, 9.17) is 0 Å².